The molecule has 0 fully saturated rings. The van der Waals surface area contributed by atoms with E-state index in [-0.39, 0.29) is 21.3 Å². The lowest BCUT2D eigenvalue weighted by Crippen LogP contribution is -2.11. The molecule has 0 aliphatic heterocycles. The van der Waals surface area contributed by atoms with Gasteiger partial charge in [-0.1, -0.05) is 13.8 Å². The van der Waals surface area contributed by atoms with Crippen molar-refractivity contribution in [1.82, 2.24) is 0 Å². The molecule has 27 heavy (non-hydrogen) atoms. The molecule has 0 aliphatic rings. The molecule has 145 valence electrons. The van der Waals surface area contributed by atoms with Gasteiger partial charge in [0, 0.05) is 0 Å². The van der Waals surface area contributed by atoms with Crippen LogP contribution in [0.2, 0.25) is 0 Å². The molecule has 6 nitrogen and oxygen atoms in total. The molecule has 0 N–H and O–H groups in total. The molecule has 0 bridgehead atoms. The fourth-order valence-electron chi connectivity index (χ4n) is 2.36. The molecular weight excluding hydrogens is 387 g/mol. The van der Waals surface area contributed by atoms with Gasteiger partial charge in [0.1, 0.15) is 11.5 Å². The van der Waals surface area contributed by atoms with E-state index in [1.165, 1.54) is 24.3 Å². The monoisotopic (exact) mass is 409 g/mol. The Hall–Kier alpha value is -2.00. The highest BCUT2D eigenvalue weighted by Gasteiger charge is 2.14. The van der Waals surface area contributed by atoms with Crippen LogP contribution in [0.3, 0.4) is 0 Å². The lowest BCUT2D eigenvalue weighted by atomic mass is 10.3. The van der Waals surface area contributed by atoms with Crippen LogP contribution in [-0.4, -0.2) is 36.0 Å². The third kappa shape index (κ3) is 6.00. The van der Waals surface area contributed by atoms with Crippen LogP contribution < -0.4 is 9.31 Å². The second-order valence-electron chi connectivity index (χ2n) is 5.91. The smallest absolute Gasteiger partial charge is 0.526 e. The van der Waals surface area contributed by atoms with E-state index >= 15 is 0 Å². The van der Waals surface area contributed by atoms with E-state index in [9.17, 15) is 16.8 Å². The highest BCUT2D eigenvalue weighted by molar-refractivity contribution is 7.91. The fourth-order valence-corrected chi connectivity index (χ4v) is 5.01. The van der Waals surface area contributed by atoms with Crippen molar-refractivity contribution in [1.29, 1.82) is 0 Å². The second-order valence-corrected chi connectivity index (χ2v) is 10.1. The molecule has 0 amide bonds. The quantitative estimate of drug-likeness (QED) is 0.561. The van der Waals surface area contributed by atoms with Gasteiger partial charge >= 0.3 is 7.69 Å². The summed E-state index contributed by atoms with van der Waals surface area (Å²) in [6, 6.07) is 12.1. The van der Waals surface area contributed by atoms with Gasteiger partial charge in [0.15, 0.2) is 19.7 Å². The molecule has 0 atom stereocenters. The van der Waals surface area contributed by atoms with Crippen LogP contribution in [0.4, 0.5) is 0 Å². The van der Waals surface area contributed by atoms with Crippen molar-refractivity contribution in [2.45, 2.75) is 36.5 Å². The molecule has 0 unspecified atom stereocenters. The maximum Gasteiger partial charge on any atom is 0.658 e. The zero-order chi connectivity index (χ0) is 19.9. The molecule has 2 aromatic rings. The molecule has 1 radical (unpaired) electrons. The van der Waals surface area contributed by atoms with E-state index in [4.69, 9.17) is 9.31 Å². The second kappa shape index (κ2) is 9.28. The summed E-state index contributed by atoms with van der Waals surface area (Å²) in [7, 11) is -5.41. The van der Waals surface area contributed by atoms with Crippen LogP contribution in [0.1, 0.15) is 26.7 Å². The minimum Gasteiger partial charge on any atom is -0.526 e. The molecule has 0 saturated heterocycles. The highest BCUT2D eigenvalue weighted by Crippen LogP contribution is 2.19. The van der Waals surface area contributed by atoms with Crippen LogP contribution in [0.5, 0.6) is 11.5 Å². The molecule has 2 aromatic carbocycles. The topological polar surface area (TPSA) is 86.7 Å². The maximum atomic E-state index is 12.0. The Morgan fingerprint density at radius 1 is 0.667 bits per heavy atom. The average Bonchev–Trinajstić information content (AvgIpc) is 2.62. The Morgan fingerprint density at radius 2 is 1.00 bits per heavy atom. The molecule has 2 rings (SSSR count). The summed E-state index contributed by atoms with van der Waals surface area (Å²) in [5.74, 6) is 1.05. The van der Waals surface area contributed by atoms with Crippen LogP contribution in [0.15, 0.2) is 58.3 Å². The lowest BCUT2D eigenvalue weighted by Gasteiger charge is -2.08. The van der Waals surface area contributed by atoms with E-state index < -0.39 is 19.7 Å². The first-order valence-corrected chi connectivity index (χ1v) is 11.9. The van der Waals surface area contributed by atoms with Gasteiger partial charge in [0.2, 0.25) is 0 Å². The van der Waals surface area contributed by atoms with Gasteiger partial charge in [-0.15, -0.1) is 0 Å². The minimum atomic E-state index is -3.26. The van der Waals surface area contributed by atoms with Gasteiger partial charge < -0.3 is 9.31 Å². The summed E-state index contributed by atoms with van der Waals surface area (Å²) in [6.07, 6.45) is 1.11. The normalized spacial score (nSPS) is 11.8. The summed E-state index contributed by atoms with van der Waals surface area (Å²) in [6.45, 7) is 3.63. The summed E-state index contributed by atoms with van der Waals surface area (Å²) < 4.78 is 58.5. The van der Waals surface area contributed by atoms with Crippen LogP contribution >= 0.6 is 0 Å². The van der Waals surface area contributed by atoms with Crippen LogP contribution in [0, 0.1) is 0 Å². The van der Waals surface area contributed by atoms with E-state index in [1.54, 1.807) is 24.3 Å². The molecule has 0 aliphatic carbocycles. The Bertz CT molecular complexity index is 857. The maximum absolute atomic E-state index is 12.0. The molecule has 0 saturated carbocycles. The summed E-state index contributed by atoms with van der Waals surface area (Å²) >= 11 is 0. The zero-order valence-corrected chi connectivity index (χ0v) is 16.9. The van der Waals surface area contributed by atoms with Crippen LogP contribution in [-0.2, 0) is 19.7 Å². The first kappa shape index (κ1) is 21.3. The molecule has 0 spiro atoms. The predicted octanol–water partition coefficient (Wildman–Crippen LogP) is 3.05. The Morgan fingerprint density at radius 3 is 1.30 bits per heavy atom. The van der Waals surface area contributed by atoms with Gasteiger partial charge in [-0.2, -0.15) is 0 Å². The van der Waals surface area contributed by atoms with E-state index in [0.717, 1.165) is 7.69 Å². The van der Waals surface area contributed by atoms with Gasteiger partial charge in [-0.3, -0.25) is 0 Å². The fraction of sp³-hybridized carbons (Fsp3) is 0.333. The predicted molar refractivity (Wildman–Crippen MR) is 105 cm³/mol. The van der Waals surface area contributed by atoms with Crippen molar-refractivity contribution < 1.29 is 26.1 Å². The third-order valence-corrected chi connectivity index (χ3v) is 7.55. The number of benzene rings is 2. The number of rotatable bonds is 10. The Balaban J connectivity index is 1.91. The Kier molecular flexibility index (Phi) is 7.32. The van der Waals surface area contributed by atoms with Gasteiger partial charge in [-0.25, -0.2) is 16.8 Å². The Labute approximate surface area is 161 Å². The molecule has 0 aromatic heterocycles. The van der Waals surface area contributed by atoms with E-state index in [2.05, 4.69) is 0 Å². The van der Waals surface area contributed by atoms with Gasteiger partial charge in [0.25, 0.3) is 0 Å². The largest absolute Gasteiger partial charge is 0.658 e. The first-order valence-electron chi connectivity index (χ1n) is 8.59. The van der Waals surface area contributed by atoms with Crippen LogP contribution in [0.25, 0.3) is 0 Å². The number of hydrogen-bond donors (Lipinski definition) is 0. The summed E-state index contributed by atoms with van der Waals surface area (Å²) in [5.41, 5.74) is 0. The van der Waals surface area contributed by atoms with E-state index in [1.807, 2.05) is 13.8 Å². The minimum absolute atomic E-state index is 0.104. The SMILES string of the molecule is CCCS(=O)(=O)c1ccc(O[B]Oc2ccc(S(=O)(=O)CCC)cc2)cc1. The number of sulfone groups is 2. The highest BCUT2D eigenvalue weighted by atomic mass is 32.2. The van der Waals surface area contributed by atoms with Crippen molar-refractivity contribution in [3.05, 3.63) is 48.5 Å². The average molecular weight is 409 g/mol. The molecule has 9 heteroatoms. The standard InChI is InChI=1S/C18H22BO6S2/c1-3-13-26(20,21)17-9-5-15(6-10-17)24-19-25-16-7-11-18(12-8-16)27(22,23)14-4-2/h5-12H,3-4,13-14H2,1-2H3. The third-order valence-electron chi connectivity index (χ3n) is 3.68. The lowest BCUT2D eigenvalue weighted by molar-refractivity contribution is 0.458. The number of hydrogen-bond acceptors (Lipinski definition) is 6. The zero-order valence-electron chi connectivity index (χ0n) is 15.3. The van der Waals surface area contributed by atoms with Gasteiger partial charge in [-0.05, 0) is 61.4 Å². The van der Waals surface area contributed by atoms with Crippen molar-refractivity contribution in [3.63, 3.8) is 0 Å². The summed E-state index contributed by atoms with van der Waals surface area (Å²) in [5, 5.41) is 0. The van der Waals surface area contributed by atoms with Crippen molar-refractivity contribution in [2.24, 2.45) is 0 Å². The van der Waals surface area contributed by atoms with Gasteiger partial charge in [0.05, 0.1) is 21.3 Å². The van der Waals surface area contributed by atoms with Crippen molar-refractivity contribution in [2.75, 3.05) is 11.5 Å². The molecule has 0 heterocycles. The molecular formula is C18H22BO6S2. The van der Waals surface area contributed by atoms with E-state index in [0.29, 0.717) is 24.3 Å². The van der Waals surface area contributed by atoms with Crippen molar-refractivity contribution >= 4 is 27.4 Å². The first-order chi connectivity index (χ1) is 12.8. The summed E-state index contributed by atoms with van der Waals surface area (Å²) in [4.78, 5) is 0.503. The van der Waals surface area contributed by atoms with Crippen molar-refractivity contribution in [3.8, 4) is 11.5 Å².